The van der Waals surface area contributed by atoms with Crippen LogP contribution in [-0.4, -0.2) is 12.3 Å². The molecular formula is C27H36N4. The molecule has 0 aliphatic heterocycles. The Morgan fingerprint density at radius 3 is 2.48 bits per heavy atom. The molecule has 0 unspecified atom stereocenters. The molecule has 3 rings (SSSR count). The second kappa shape index (κ2) is 10.5. The topological polar surface area (TPSA) is 87.9 Å². The number of nitrogens with two attached hydrogens (primary N) is 2. The van der Waals surface area contributed by atoms with Gasteiger partial charge >= 0.3 is 0 Å². The number of rotatable bonds is 8. The molecule has 31 heavy (non-hydrogen) atoms. The van der Waals surface area contributed by atoms with Crippen LogP contribution in [0.4, 0.5) is 5.69 Å². The second-order valence-electron chi connectivity index (χ2n) is 8.80. The summed E-state index contributed by atoms with van der Waals surface area (Å²) in [6, 6.07) is 13.3. The van der Waals surface area contributed by atoms with Gasteiger partial charge in [-0.25, -0.2) is 0 Å². The van der Waals surface area contributed by atoms with Gasteiger partial charge in [0.1, 0.15) is 0 Å². The van der Waals surface area contributed by atoms with Crippen molar-refractivity contribution in [3.8, 4) is 11.1 Å². The van der Waals surface area contributed by atoms with Gasteiger partial charge in [-0.1, -0.05) is 48.3 Å². The molecule has 4 heteroatoms. The molecule has 1 aliphatic rings. The highest BCUT2D eigenvalue weighted by Crippen LogP contribution is 2.33. The molecule has 2 aromatic rings. The third-order valence-electron chi connectivity index (χ3n) is 6.19. The number of hydrogen-bond acceptors (Lipinski definition) is 4. The average molecular weight is 417 g/mol. The Morgan fingerprint density at radius 1 is 1.10 bits per heavy atom. The summed E-state index contributed by atoms with van der Waals surface area (Å²) in [7, 11) is 0. The fourth-order valence-electron chi connectivity index (χ4n) is 4.37. The third kappa shape index (κ3) is 5.86. The summed E-state index contributed by atoms with van der Waals surface area (Å²) in [6.07, 6.45) is 9.23. The van der Waals surface area contributed by atoms with Gasteiger partial charge in [-0.2, -0.15) is 0 Å². The molecule has 4 nitrogen and oxygen atoms in total. The van der Waals surface area contributed by atoms with Gasteiger partial charge in [0.15, 0.2) is 0 Å². The van der Waals surface area contributed by atoms with Crippen LogP contribution in [-0.2, 0) is 13.0 Å². The lowest BCUT2D eigenvalue weighted by atomic mass is 9.92. The van der Waals surface area contributed by atoms with Crippen LogP contribution >= 0.6 is 0 Å². The highest BCUT2D eigenvalue weighted by Gasteiger charge is 2.18. The fraction of sp³-hybridized carbons (Fsp3) is 0.370. The first kappa shape index (κ1) is 22.8. The Labute approximate surface area is 186 Å². The number of anilines is 1. The summed E-state index contributed by atoms with van der Waals surface area (Å²) in [4.78, 5) is 0. The summed E-state index contributed by atoms with van der Waals surface area (Å²) >= 11 is 0. The number of nitrogens with one attached hydrogen (secondary N) is 2. The van der Waals surface area contributed by atoms with Crippen molar-refractivity contribution in [2.45, 2.75) is 65.5 Å². The van der Waals surface area contributed by atoms with E-state index in [-0.39, 0.29) is 0 Å². The molecule has 1 saturated carbocycles. The fourth-order valence-corrected chi connectivity index (χ4v) is 4.37. The van der Waals surface area contributed by atoms with Crippen LogP contribution in [0.5, 0.6) is 0 Å². The lowest BCUT2D eigenvalue weighted by Crippen LogP contribution is -2.16. The smallest absolute Gasteiger partial charge is 0.0440 e. The molecule has 0 atom stereocenters. The molecule has 1 fully saturated rings. The van der Waals surface area contributed by atoms with Crippen LogP contribution < -0.4 is 16.8 Å². The molecule has 0 radical (unpaired) electrons. The van der Waals surface area contributed by atoms with Crippen molar-refractivity contribution in [1.29, 1.82) is 5.41 Å². The third-order valence-corrected chi connectivity index (χ3v) is 6.19. The lowest BCUT2D eigenvalue weighted by Gasteiger charge is -2.20. The number of hydrogen-bond donors (Lipinski definition) is 4. The predicted octanol–water partition coefficient (Wildman–Crippen LogP) is 5.91. The van der Waals surface area contributed by atoms with Crippen LogP contribution in [0.1, 0.15) is 63.1 Å². The molecule has 164 valence electrons. The largest absolute Gasteiger partial charge is 0.402 e. The number of allylic oxidation sites excluding steroid dienone is 4. The van der Waals surface area contributed by atoms with Crippen LogP contribution in [0.25, 0.3) is 11.1 Å². The first-order valence-corrected chi connectivity index (χ1v) is 11.2. The Morgan fingerprint density at radius 2 is 1.84 bits per heavy atom. The van der Waals surface area contributed by atoms with Gasteiger partial charge in [0.05, 0.1) is 0 Å². The van der Waals surface area contributed by atoms with Crippen molar-refractivity contribution < 1.29 is 0 Å². The van der Waals surface area contributed by atoms with Crippen molar-refractivity contribution in [2.75, 3.05) is 5.32 Å². The van der Waals surface area contributed by atoms with Gasteiger partial charge in [-0.3, -0.25) is 0 Å². The first-order chi connectivity index (χ1) is 14.9. The summed E-state index contributed by atoms with van der Waals surface area (Å²) in [5.74, 6) is 0. The van der Waals surface area contributed by atoms with Crippen molar-refractivity contribution in [2.24, 2.45) is 11.5 Å². The molecule has 1 aliphatic carbocycles. The molecular weight excluding hydrogens is 380 g/mol. The quantitative estimate of drug-likeness (QED) is 0.319. The first-order valence-electron chi connectivity index (χ1n) is 11.2. The molecule has 2 aromatic carbocycles. The van der Waals surface area contributed by atoms with Crippen molar-refractivity contribution in [3.05, 3.63) is 76.0 Å². The molecule has 0 amide bonds. The van der Waals surface area contributed by atoms with Gasteiger partial charge in [0.25, 0.3) is 0 Å². The molecule has 0 spiro atoms. The monoisotopic (exact) mass is 416 g/mol. The summed E-state index contributed by atoms with van der Waals surface area (Å²) in [5, 5.41) is 11.9. The Kier molecular flexibility index (Phi) is 7.69. The maximum Gasteiger partial charge on any atom is 0.0440 e. The van der Waals surface area contributed by atoms with E-state index in [1.54, 1.807) is 0 Å². The van der Waals surface area contributed by atoms with E-state index in [0.29, 0.717) is 12.6 Å². The van der Waals surface area contributed by atoms with E-state index in [1.165, 1.54) is 43.0 Å². The van der Waals surface area contributed by atoms with E-state index in [9.17, 15) is 0 Å². The van der Waals surface area contributed by atoms with Crippen LogP contribution in [0.2, 0.25) is 0 Å². The zero-order valence-corrected chi connectivity index (χ0v) is 19.1. The van der Waals surface area contributed by atoms with E-state index in [4.69, 9.17) is 16.9 Å². The van der Waals surface area contributed by atoms with Gasteiger partial charge in [-0.05, 0) is 80.5 Å². The van der Waals surface area contributed by atoms with Crippen molar-refractivity contribution in [1.82, 2.24) is 0 Å². The summed E-state index contributed by atoms with van der Waals surface area (Å²) in [5.41, 5.74) is 21.7. The SMILES string of the molecule is C/C(N)=C/C(C)=C(\C)Cc1cc(-c2cccc(CN)c2)cc(NC2CCCC2)c1C=N. The minimum atomic E-state index is 0.485. The van der Waals surface area contributed by atoms with Gasteiger partial charge < -0.3 is 22.2 Å². The van der Waals surface area contributed by atoms with Crippen molar-refractivity contribution >= 4 is 11.9 Å². The number of benzene rings is 2. The van der Waals surface area contributed by atoms with E-state index in [0.717, 1.165) is 45.6 Å². The normalized spacial score (nSPS) is 15.7. The highest BCUT2D eigenvalue weighted by atomic mass is 14.9. The lowest BCUT2D eigenvalue weighted by molar-refractivity contribution is 0.755. The summed E-state index contributed by atoms with van der Waals surface area (Å²) < 4.78 is 0. The maximum absolute atomic E-state index is 8.17. The standard InChI is InChI=1S/C27H36N4/c1-18(11-20(3)30)19(2)12-24-14-23(22-8-6-7-21(13-22)16-28)15-27(26(24)17-29)31-25-9-4-5-10-25/h6-8,11,13-15,17,25,29,31H,4-5,9-10,12,16,28,30H2,1-3H3/b19-18+,20-11-,29-17?. The van der Waals surface area contributed by atoms with Crippen LogP contribution in [0.3, 0.4) is 0 Å². The van der Waals surface area contributed by atoms with Crippen LogP contribution in [0.15, 0.2) is 59.3 Å². The molecule has 0 heterocycles. The highest BCUT2D eigenvalue weighted by molar-refractivity contribution is 5.90. The Balaban J connectivity index is 2.10. The Hall–Kier alpha value is -2.85. The second-order valence-corrected chi connectivity index (χ2v) is 8.80. The van der Waals surface area contributed by atoms with Crippen LogP contribution in [0, 0.1) is 5.41 Å². The zero-order valence-electron chi connectivity index (χ0n) is 19.1. The van der Waals surface area contributed by atoms with E-state index in [1.807, 2.05) is 13.0 Å². The zero-order chi connectivity index (χ0) is 22.4. The predicted molar refractivity (Wildman–Crippen MR) is 134 cm³/mol. The molecule has 0 bridgehead atoms. The Bertz CT molecular complexity index is 990. The molecule has 0 aromatic heterocycles. The van der Waals surface area contributed by atoms with Gasteiger partial charge in [0, 0.05) is 35.7 Å². The van der Waals surface area contributed by atoms with E-state index in [2.05, 4.69) is 55.6 Å². The van der Waals surface area contributed by atoms with Gasteiger partial charge in [0.2, 0.25) is 0 Å². The molecule has 0 saturated heterocycles. The average Bonchev–Trinajstić information content (AvgIpc) is 3.26. The van der Waals surface area contributed by atoms with Gasteiger partial charge in [-0.15, -0.1) is 0 Å². The van der Waals surface area contributed by atoms with E-state index < -0.39 is 0 Å². The summed E-state index contributed by atoms with van der Waals surface area (Å²) in [6.45, 7) is 6.68. The van der Waals surface area contributed by atoms with E-state index >= 15 is 0 Å². The molecule has 6 N–H and O–H groups in total. The maximum atomic E-state index is 8.17. The minimum Gasteiger partial charge on any atom is -0.402 e. The minimum absolute atomic E-state index is 0.485. The van der Waals surface area contributed by atoms with Crippen molar-refractivity contribution in [3.63, 3.8) is 0 Å².